The van der Waals surface area contributed by atoms with Gasteiger partial charge in [0, 0.05) is 35.5 Å². The summed E-state index contributed by atoms with van der Waals surface area (Å²) in [4.78, 5) is 14.5. The van der Waals surface area contributed by atoms with Crippen LogP contribution in [0, 0.1) is 24.2 Å². The Labute approximate surface area is 160 Å². The number of nitrogens with zero attached hydrogens (tertiary/aromatic N) is 1. The van der Waals surface area contributed by atoms with Crippen molar-refractivity contribution in [1.82, 2.24) is 4.90 Å². The highest BCUT2D eigenvalue weighted by atomic mass is 16.2. The maximum atomic E-state index is 12.5. The molecular weight excluding hydrogens is 336 g/mol. The lowest BCUT2D eigenvalue weighted by Gasteiger charge is -2.16. The van der Waals surface area contributed by atoms with E-state index in [4.69, 9.17) is 11.1 Å². The molecule has 1 heterocycles. The number of amides is 1. The van der Waals surface area contributed by atoms with Gasteiger partial charge in [-0.05, 0) is 55.7 Å². The molecule has 0 aliphatic carbocycles. The first-order valence-corrected chi connectivity index (χ1v) is 9.12. The number of nitrogen functional groups attached to an aromatic ring is 1. The number of carbonyl (C=O) groups excluding carboxylic acids is 1. The number of amidine groups is 1. The predicted octanol–water partition coefficient (Wildman–Crippen LogP) is 2.98. The predicted molar refractivity (Wildman–Crippen MR) is 109 cm³/mol. The highest BCUT2D eigenvalue weighted by Crippen LogP contribution is 2.17. The SMILES string of the molecule is Cc1cc(C#CCNc2cccc(C(=N)N)c2)ccc1C(=O)N1CCCC1. The van der Waals surface area contributed by atoms with Gasteiger partial charge in [-0.3, -0.25) is 10.2 Å². The van der Waals surface area contributed by atoms with Gasteiger partial charge in [0.15, 0.2) is 0 Å². The Morgan fingerprint density at radius 1 is 1.22 bits per heavy atom. The van der Waals surface area contributed by atoms with E-state index >= 15 is 0 Å². The van der Waals surface area contributed by atoms with Crippen molar-refractivity contribution in [3.05, 3.63) is 64.7 Å². The summed E-state index contributed by atoms with van der Waals surface area (Å²) in [6.45, 7) is 4.15. The molecule has 1 fully saturated rings. The average Bonchev–Trinajstić information content (AvgIpc) is 3.20. The van der Waals surface area contributed by atoms with Gasteiger partial charge in [0.1, 0.15) is 5.84 Å². The molecule has 1 saturated heterocycles. The van der Waals surface area contributed by atoms with E-state index < -0.39 is 0 Å². The van der Waals surface area contributed by atoms with Crippen LogP contribution in [0.15, 0.2) is 42.5 Å². The molecule has 1 amide bonds. The lowest BCUT2D eigenvalue weighted by atomic mass is 10.0. The molecule has 1 aliphatic heterocycles. The van der Waals surface area contributed by atoms with Gasteiger partial charge in [-0.15, -0.1) is 0 Å². The van der Waals surface area contributed by atoms with Crippen LogP contribution in [-0.4, -0.2) is 36.3 Å². The van der Waals surface area contributed by atoms with Crippen LogP contribution in [0.4, 0.5) is 5.69 Å². The van der Waals surface area contributed by atoms with Gasteiger partial charge in [0.25, 0.3) is 5.91 Å². The molecule has 1 aliphatic rings. The number of benzene rings is 2. The van der Waals surface area contributed by atoms with Crippen molar-refractivity contribution in [2.24, 2.45) is 5.73 Å². The summed E-state index contributed by atoms with van der Waals surface area (Å²) in [5, 5.41) is 10.7. The lowest BCUT2D eigenvalue weighted by molar-refractivity contribution is 0.0792. The largest absolute Gasteiger partial charge is 0.384 e. The van der Waals surface area contributed by atoms with Crippen LogP contribution in [0.3, 0.4) is 0 Å². The smallest absolute Gasteiger partial charge is 0.254 e. The summed E-state index contributed by atoms with van der Waals surface area (Å²) < 4.78 is 0. The highest BCUT2D eigenvalue weighted by molar-refractivity contribution is 5.96. The van der Waals surface area contributed by atoms with Gasteiger partial charge in [-0.25, -0.2) is 0 Å². The van der Waals surface area contributed by atoms with E-state index in [1.165, 1.54) is 0 Å². The normalized spacial score (nSPS) is 13.0. The molecule has 0 spiro atoms. The second-order valence-electron chi connectivity index (χ2n) is 6.68. The van der Waals surface area contributed by atoms with Gasteiger partial charge < -0.3 is 16.0 Å². The van der Waals surface area contributed by atoms with Crippen LogP contribution < -0.4 is 11.1 Å². The zero-order chi connectivity index (χ0) is 19.2. The van der Waals surface area contributed by atoms with E-state index in [9.17, 15) is 4.79 Å². The maximum absolute atomic E-state index is 12.5. The van der Waals surface area contributed by atoms with E-state index in [1.807, 2.05) is 48.2 Å². The molecule has 0 aromatic heterocycles. The van der Waals surface area contributed by atoms with Crippen LogP contribution in [0.1, 0.15) is 39.9 Å². The molecule has 0 saturated carbocycles. The number of aryl methyl sites for hydroxylation is 1. The van der Waals surface area contributed by atoms with Gasteiger partial charge >= 0.3 is 0 Å². The summed E-state index contributed by atoms with van der Waals surface area (Å²) in [7, 11) is 0. The highest BCUT2D eigenvalue weighted by Gasteiger charge is 2.20. The molecule has 2 aromatic rings. The van der Waals surface area contributed by atoms with Crippen LogP contribution in [0.2, 0.25) is 0 Å². The second kappa shape index (κ2) is 8.41. The number of hydrogen-bond acceptors (Lipinski definition) is 3. The summed E-state index contributed by atoms with van der Waals surface area (Å²) in [5.74, 6) is 6.38. The van der Waals surface area contributed by atoms with Gasteiger partial charge in [-0.2, -0.15) is 0 Å². The fourth-order valence-electron chi connectivity index (χ4n) is 3.16. The Kier molecular flexibility index (Phi) is 5.77. The summed E-state index contributed by atoms with van der Waals surface area (Å²) in [6, 6.07) is 13.1. The number of anilines is 1. The lowest BCUT2D eigenvalue weighted by Crippen LogP contribution is -2.28. The topological polar surface area (TPSA) is 82.2 Å². The number of nitrogens with two attached hydrogens (primary N) is 1. The van der Waals surface area contributed by atoms with Gasteiger partial charge in [0.2, 0.25) is 0 Å². The zero-order valence-corrected chi connectivity index (χ0v) is 15.5. The van der Waals surface area contributed by atoms with Crippen molar-refractivity contribution in [3.8, 4) is 11.8 Å². The quantitative estimate of drug-likeness (QED) is 0.445. The Hall–Kier alpha value is -3.26. The Morgan fingerprint density at radius 2 is 2.00 bits per heavy atom. The standard InChI is InChI=1S/C22H24N4O/c1-16-14-17(9-10-20(16)22(27)26-12-2-3-13-26)6-5-11-25-19-8-4-7-18(15-19)21(23)24/h4,7-10,14-15,25H,2-3,11-13H2,1H3,(H3,23,24). The maximum Gasteiger partial charge on any atom is 0.254 e. The summed E-state index contributed by atoms with van der Waals surface area (Å²) >= 11 is 0. The molecule has 27 heavy (non-hydrogen) atoms. The Morgan fingerprint density at radius 3 is 2.70 bits per heavy atom. The molecule has 4 N–H and O–H groups in total. The molecule has 0 radical (unpaired) electrons. The molecule has 0 unspecified atom stereocenters. The van der Waals surface area contributed by atoms with Crippen molar-refractivity contribution in [2.45, 2.75) is 19.8 Å². The number of carbonyl (C=O) groups is 1. The monoisotopic (exact) mass is 360 g/mol. The average molecular weight is 360 g/mol. The molecule has 2 aromatic carbocycles. The van der Waals surface area contributed by atoms with Crippen LogP contribution in [0.25, 0.3) is 0 Å². The number of likely N-dealkylation sites (tertiary alicyclic amines) is 1. The van der Waals surface area contributed by atoms with Crippen LogP contribution in [-0.2, 0) is 0 Å². The first kappa shape index (κ1) is 18.5. The van der Waals surface area contributed by atoms with Gasteiger partial charge in [-0.1, -0.05) is 24.0 Å². The molecule has 5 heteroatoms. The van der Waals surface area contributed by atoms with Crippen molar-refractivity contribution >= 4 is 17.4 Å². The Bertz CT molecular complexity index is 917. The third kappa shape index (κ3) is 4.68. The van der Waals surface area contributed by atoms with Crippen molar-refractivity contribution in [2.75, 3.05) is 25.0 Å². The van der Waals surface area contributed by atoms with E-state index in [0.29, 0.717) is 12.1 Å². The minimum absolute atomic E-state index is 0.0452. The van der Waals surface area contributed by atoms with E-state index in [1.54, 1.807) is 6.07 Å². The molecule has 0 atom stereocenters. The zero-order valence-electron chi connectivity index (χ0n) is 15.5. The second-order valence-corrected chi connectivity index (χ2v) is 6.68. The molecule has 138 valence electrons. The third-order valence-corrected chi connectivity index (χ3v) is 4.64. The first-order valence-electron chi connectivity index (χ1n) is 9.12. The van der Waals surface area contributed by atoms with E-state index in [-0.39, 0.29) is 11.7 Å². The number of rotatable bonds is 4. The summed E-state index contributed by atoms with van der Waals surface area (Å²) in [5.41, 5.74) is 9.68. The molecule has 0 bridgehead atoms. The minimum atomic E-state index is 0.0452. The van der Waals surface area contributed by atoms with E-state index in [0.717, 1.165) is 48.3 Å². The van der Waals surface area contributed by atoms with Gasteiger partial charge in [0.05, 0.1) is 6.54 Å². The van der Waals surface area contributed by atoms with Crippen molar-refractivity contribution < 1.29 is 4.79 Å². The van der Waals surface area contributed by atoms with Crippen molar-refractivity contribution in [1.29, 1.82) is 5.41 Å². The fourth-order valence-corrected chi connectivity index (χ4v) is 3.16. The minimum Gasteiger partial charge on any atom is -0.384 e. The van der Waals surface area contributed by atoms with Crippen LogP contribution in [0.5, 0.6) is 0 Å². The first-order chi connectivity index (χ1) is 13.0. The number of nitrogens with one attached hydrogen (secondary N) is 2. The fraction of sp³-hybridized carbons (Fsp3) is 0.273. The third-order valence-electron chi connectivity index (χ3n) is 4.64. The number of hydrogen-bond donors (Lipinski definition) is 3. The molecule has 5 nitrogen and oxygen atoms in total. The van der Waals surface area contributed by atoms with E-state index in [2.05, 4.69) is 17.2 Å². The van der Waals surface area contributed by atoms with Crippen molar-refractivity contribution in [3.63, 3.8) is 0 Å². The molecular formula is C22H24N4O. The van der Waals surface area contributed by atoms with Crippen LogP contribution >= 0.6 is 0 Å². The summed E-state index contributed by atoms with van der Waals surface area (Å²) in [6.07, 6.45) is 2.19. The molecule has 3 rings (SSSR count). The Balaban J connectivity index is 1.62.